The van der Waals surface area contributed by atoms with Gasteiger partial charge in [-0.3, -0.25) is 0 Å². The summed E-state index contributed by atoms with van der Waals surface area (Å²) < 4.78 is 64.0. The molecule has 2 aromatic carbocycles. The maximum absolute atomic E-state index is 13.4. The molecule has 0 aliphatic carbocycles. The lowest BCUT2D eigenvalue weighted by atomic mass is 10.1. The van der Waals surface area contributed by atoms with Gasteiger partial charge in [0.15, 0.2) is 9.84 Å². The Labute approximate surface area is 152 Å². The van der Waals surface area contributed by atoms with E-state index in [-0.39, 0.29) is 16.3 Å². The molecule has 0 fully saturated rings. The van der Waals surface area contributed by atoms with Crippen LogP contribution < -0.4 is 0 Å². The van der Waals surface area contributed by atoms with Gasteiger partial charge in [0, 0.05) is 16.8 Å². The van der Waals surface area contributed by atoms with E-state index in [4.69, 9.17) is 11.6 Å². The first-order chi connectivity index (χ1) is 12.1. The summed E-state index contributed by atoms with van der Waals surface area (Å²) in [6, 6.07) is 12.2. The molecule has 0 saturated heterocycles. The Kier molecular flexibility index (Phi) is 4.58. The molecule has 0 radical (unpaired) electrons. The minimum absolute atomic E-state index is 0.0762. The lowest BCUT2D eigenvalue weighted by molar-refractivity contribution is -0.142. The number of aromatic nitrogens is 2. The fraction of sp³-hybridized carbons (Fsp3) is 0.118. The van der Waals surface area contributed by atoms with Gasteiger partial charge in [0.05, 0.1) is 16.3 Å². The van der Waals surface area contributed by atoms with E-state index in [1.807, 2.05) is 0 Å². The van der Waals surface area contributed by atoms with Crippen LogP contribution in [-0.2, 0) is 16.0 Å². The largest absolute Gasteiger partial charge is 0.433 e. The van der Waals surface area contributed by atoms with E-state index in [2.05, 4.69) is 5.10 Å². The molecule has 0 bridgehead atoms. The number of benzene rings is 2. The Morgan fingerprint density at radius 3 is 2.08 bits per heavy atom. The second-order valence-corrected chi connectivity index (χ2v) is 8.05. The van der Waals surface area contributed by atoms with Gasteiger partial charge in [-0.2, -0.15) is 18.3 Å². The third-order valence-corrected chi connectivity index (χ3v) is 5.03. The van der Waals surface area contributed by atoms with Crippen molar-refractivity contribution in [3.63, 3.8) is 0 Å². The number of hydrogen-bond donors (Lipinski definition) is 0. The van der Waals surface area contributed by atoms with Crippen molar-refractivity contribution in [1.82, 2.24) is 9.78 Å². The average Bonchev–Trinajstić information content (AvgIpc) is 3.00. The molecule has 136 valence electrons. The predicted octanol–water partition coefficient (Wildman–Crippen LogP) is 4.62. The van der Waals surface area contributed by atoms with Crippen molar-refractivity contribution in [3.8, 4) is 16.9 Å². The Hall–Kier alpha value is -2.32. The molecule has 0 spiro atoms. The van der Waals surface area contributed by atoms with Gasteiger partial charge in [0.1, 0.15) is 5.69 Å². The van der Waals surface area contributed by atoms with E-state index in [0.717, 1.165) is 17.0 Å². The second kappa shape index (κ2) is 6.44. The molecule has 3 aromatic rings. The number of alkyl halides is 3. The Bertz CT molecular complexity index is 1040. The highest BCUT2D eigenvalue weighted by Crippen LogP contribution is 2.34. The zero-order valence-electron chi connectivity index (χ0n) is 13.3. The molecule has 1 aromatic heterocycles. The lowest BCUT2D eigenvalue weighted by Gasteiger charge is -2.09. The highest BCUT2D eigenvalue weighted by molar-refractivity contribution is 7.90. The van der Waals surface area contributed by atoms with Crippen molar-refractivity contribution in [1.29, 1.82) is 0 Å². The van der Waals surface area contributed by atoms with E-state index in [9.17, 15) is 21.6 Å². The molecule has 9 heteroatoms. The molecule has 4 nitrogen and oxygen atoms in total. The SMILES string of the molecule is CS(=O)(=O)c1ccc(-c2cc(C(F)(F)F)n(-c3ccc(Cl)cc3)n2)cc1. The summed E-state index contributed by atoms with van der Waals surface area (Å²) in [5.74, 6) is 0. The van der Waals surface area contributed by atoms with Crippen LogP contribution in [0.4, 0.5) is 13.2 Å². The van der Waals surface area contributed by atoms with E-state index in [1.54, 1.807) is 0 Å². The van der Waals surface area contributed by atoms with Gasteiger partial charge in [0.25, 0.3) is 0 Å². The molecular weight excluding hydrogens is 389 g/mol. The maximum Gasteiger partial charge on any atom is 0.433 e. The first-order valence-corrected chi connectivity index (χ1v) is 9.56. The van der Waals surface area contributed by atoms with Gasteiger partial charge in [0.2, 0.25) is 0 Å². The second-order valence-electron chi connectivity index (χ2n) is 5.60. The number of nitrogens with zero attached hydrogens (tertiary/aromatic N) is 2. The van der Waals surface area contributed by atoms with Crippen LogP contribution in [0.25, 0.3) is 16.9 Å². The summed E-state index contributed by atoms with van der Waals surface area (Å²) in [7, 11) is -3.39. The summed E-state index contributed by atoms with van der Waals surface area (Å²) >= 11 is 5.78. The minimum atomic E-state index is -4.61. The van der Waals surface area contributed by atoms with Crippen LogP contribution in [0.5, 0.6) is 0 Å². The quantitative estimate of drug-likeness (QED) is 0.645. The monoisotopic (exact) mass is 400 g/mol. The first-order valence-electron chi connectivity index (χ1n) is 7.29. The Morgan fingerprint density at radius 2 is 1.58 bits per heavy atom. The van der Waals surface area contributed by atoms with Crippen molar-refractivity contribution < 1.29 is 21.6 Å². The van der Waals surface area contributed by atoms with E-state index in [1.165, 1.54) is 48.5 Å². The highest BCUT2D eigenvalue weighted by Gasteiger charge is 2.36. The standard InChI is InChI=1S/C17H12ClF3N2O2S/c1-26(24,25)14-8-2-11(3-9-14)15-10-16(17(19,20)21)23(22-15)13-6-4-12(18)5-7-13/h2-10H,1H3. The summed E-state index contributed by atoms with van der Waals surface area (Å²) in [5, 5.41) is 4.44. The third kappa shape index (κ3) is 3.76. The molecule has 0 amide bonds. The average molecular weight is 401 g/mol. The van der Waals surface area contributed by atoms with Gasteiger partial charge in [-0.05, 0) is 42.5 Å². The fourth-order valence-electron chi connectivity index (χ4n) is 2.38. The summed E-state index contributed by atoms with van der Waals surface area (Å²) in [5.41, 5.74) is -0.286. The molecule has 0 aliphatic heterocycles. The molecule has 0 N–H and O–H groups in total. The van der Waals surface area contributed by atoms with Crippen molar-refractivity contribution in [2.45, 2.75) is 11.1 Å². The lowest BCUT2D eigenvalue weighted by Crippen LogP contribution is -2.13. The van der Waals surface area contributed by atoms with Crippen LogP contribution in [0.15, 0.2) is 59.5 Å². The van der Waals surface area contributed by atoms with E-state index >= 15 is 0 Å². The van der Waals surface area contributed by atoms with Crippen LogP contribution in [0, 0.1) is 0 Å². The van der Waals surface area contributed by atoms with Crippen LogP contribution in [0.3, 0.4) is 0 Å². The number of sulfone groups is 1. The summed E-state index contributed by atoms with van der Waals surface area (Å²) in [4.78, 5) is 0.0782. The Balaban J connectivity index is 2.11. The summed E-state index contributed by atoms with van der Waals surface area (Å²) in [6.45, 7) is 0. The van der Waals surface area contributed by atoms with Gasteiger partial charge in [-0.25, -0.2) is 13.1 Å². The normalized spacial score (nSPS) is 12.3. The maximum atomic E-state index is 13.4. The molecule has 26 heavy (non-hydrogen) atoms. The fourth-order valence-corrected chi connectivity index (χ4v) is 3.13. The van der Waals surface area contributed by atoms with Gasteiger partial charge >= 0.3 is 6.18 Å². The predicted molar refractivity (Wildman–Crippen MR) is 92.1 cm³/mol. The molecule has 1 heterocycles. The zero-order valence-corrected chi connectivity index (χ0v) is 14.9. The van der Waals surface area contributed by atoms with Crippen molar-refractivity contribution >= 4 is 21.4 Å². The van der Waals surface area contributed by atoms with Gasteiger partial charge < -0.3 is 0 Å². The van der Waals surface area contributed by atoms with Gasteiger partial charge in [-0.15, -0.1) is 0 Å². The highest BCUT2D eigenvalue weighted by atomic mass is 35.5. The zero-order chi connectivity index (χ0) is 19.1. The van der Waals surface area contributed by atoms with Crippen LogP contribution in [0.2, 0.25) is 5.02 Å². The smallest absolute Gasteiger partial charge is 0.228 e. The minimum Gasteiger partial charge on any atom is -0.228 e. The van der Waals surface area contributed by atoms with Crippen molar-refractivity contribution in [2.75, 3.05) is 6.26 Å². The van der Waals surface area contributed by atoms with Crippen molar-refractivity contribution in [2.24, 2.45) is 0 Å². The number of hydrogen-bond acceptors (Lipinski definition) is 3. The molecular formula is C17H12ClF3N2O2S. The van der Waals surface area contributed by atoms with Crippen molar-refractivity contribution in [3.05, 3.63) is 65.3 Å². The molecule has 0 aliphatic rings. The molecule has 0 atom stereocenters. The Morgan fingerprint density at radius 1 is 1.00 bits per heavy atom. The third-order valence-electron chi connectivity index (χ3n) is 3.65. The summed E-state index contributed by atoms with van der Waals surface area (Å²) in [6.07, 6.45) is -3.56. The van der Waals surface area contributed by atoms with E-state index in [0.29, 0.717) is 10.6 Å². The molecule has 0 unspecified atom stereocenters. The van der Waals surface area contributed by atoms with Crippen LogP contribution in [-0.4, -0.2) is 24.5 Å². The van der Waals surface area contributed by atoms with E-state index < -0.39 is 21.7 Å². The number of halogens is 4. The first kappa shape index (κ1) is 18.5. The molecule has 3 rings (SSSR count). The van der Waals surface area contributed by atoms with Crippen LogP contribution >= 0.6 is 11.6 Å². The van der Waals surface area contributed by atoms with Crippen LogP contribution in [0.1, 0.15) is 5.69 Å². The molecule has 0 saturated carbocycles. The number of rotatable bonds is 3. The van der Waals surface area contributed by atoms with Gasteiger partial charge in [-0.1, -0.05) is 23.7 Å². The topological polar surface area (TPSA) is 52.0 Å².